The topological polar surface area (TPSA) is 130 Å². The second-order valence-corrected chi connectivity index (χ2v) is 9.65. The molecule has 194 valence electrons. The number of carbonyl (C=O) groups excluding carboxylic acids is 4. The van der Waals surface area contributed by atoms with Crippen molar-refractivity contribution in [3.05, 3.63) is 59.7 Å². The molecule has 2 aromatic carbocycles. The lowest BCUT2D eigenvalue weighted by atomic mass is 9.76. The summed E-state index contributed by atoms with van der Waals surface area (Å²) in [6.45, 7) is 0. The van der Waals surface area contributed by atoms with Gasteiger partial charge in [-0.05, 0) is 36.4 Å². The molecule has 0 saturated heterocycles. The number of hydrogen-bond donors (Lipinski definition) is 0. The molecule has 0 heterocycles. The number of halogens is 3. The molecule has 2 aromatic rings. The van der Waals surface area contributed by atoms with Crippen molar-refractivity contribution in [1.29, 1.82) is 0 Å². The Hall–Kier alpha value is -3.74. The highest BCUT2D eigenvalue weighted by Crippen LogP contribution is 2.34. The van der Waals surface area contributed by atoms with Crippen molar-refractivity contribution in [2.75, 3.05) is 20.5 Å². The Morgan fingerprint density at radius 3 is 1.47 bits per heavy atom. The molecule has 36 heavy (non-hydrogen) atoms. The van der Waals surface area contributed by atoms with Gasteiger partial charge in [-0.1, -0.05) is 12.1 Å². The van der Waals surface area contributed by atoms with Crippen molar-refractivity contribution in [3.8, 4) is 5.75 Å². The van der Waals surface area contributed by atoms with E-state index in [0.717, 1.165) is 56.9 Å². The Kier molecular flexibility index (Phi) is 8.62. The molecule has 0 amide bonds. The Balaban J connectivity index is 2.40. The predicted octanol–water partition coefficient (Wildman–Crippen LogP) is 3.17. The molecule has 9 nitrogen and oxygen atoms in total. The summed E-state index contributed by atoms with van der Waals surface area (Å²) in [6, 6.07) is 8.41. The Bertz CT molecular complexity index is 1230. The summed E-state index contributed by atoms with van der Waals surface area (Å²) < 4.78 is 73.5. The van der Waals surface area contributed by atoms with Crippen LogP contribution in [0.1, 0.15) is 33.6 Å². The molecule has 0 radical (unpaired) electrons. The third kappa shape index (κ3) is 6.90. The van der Waals surface area contributed by atoms with Crippen LogP contribution in [0.2, 0.25) is 0 Å². The van der Waals surface area contributed by atoms with Gasteiger partial charge >= 0.3 is 18.3 Å². The molecule has 0 N–H and O–H groups in total. The molecule has 0 atom stereocenters. The first-order valence-corrected chi connectivity index (χ1v) is 11.9. The molecule has 0 unspecified atom stereocenters. The van der Waals surface area contributed by atoms with Crippen LogP contribution in [0.15, 0.2) is 53.4 Å². The molecule has 2 rings (SSSR count). The van der Waals surface area contributed by atoms with E-state index < -0.39 is 63.7 Å². The maximum absolute atomic E-state index is 13.0. The Labute approximate surface area is 204 Å². The summed E-state index contributed by atoms with van der Waals surface area (Å²) in [7, 11) is -1.69. The SMILES string of the molecule is COC(=O)C(CC(=O)c1ccc(OC(F)(F)F)cc1)(CC(=O)c1ccc(S(C)(=O)=O)cc1)C(=O)OC. The maximum Gasteiger partial charge on any atom is 0.573 e. The van der Waals surface area contributed by atoms with Crippen molar-refractivity contribution < 1.29 is 55.0 Å². The summed E-state index contributed by atoms with van der Waals surface area (Å²) in [5, 5.41) is 0. The van der Waals surface area contributed by atoms with Gasteiger partial charge in [-0.25, -0.2) is 8.42 Å². The van der Waals surface area contributed by atoms with E-state index in [1.54, 1.807) is 0 Å². The fourth-order valence-corrected chi connectivity index (χ4v) is 3.94. The first-order chi connectivity index (χ1) is 16.6. The molecule has 13 heteroatoms. The third-order valence-electron chi connectivity index (χ3n) is 5.09. The Morgan fingerprint density at radius 2 is 1.14 bits per heavy atom. The molecule has 0 aliphatic rings. The van der Waals surface area contributed by atoms with Crippen molar-refractivity contribution in [3.63, 3.8) is 0 Å². The number of ether oxygens (including phenoxy) is 3. The van der Waals surface area contributed by atoms with E-state index >= 15 is 0 Å². The van der Waals surface area contributed by atoms with Gasteiger partial charge in [0.25, 0.3) is 0 Å². The van der Waals surface area contributed by atoms with E-state index in [0.29, 0.717) is 0 Å². The highest BCUT2D eigenvalue weighted by atomic mass is 32.2. The first kappa shape index (κ1) is 28.5. The molecule has 0 spiro atoms. The first-order valence-electron chi connectivity index (χ1n) is 10.0. The van der Waals surface area contributed by atoms with Crippen LogP contribution < -0.4 is 4.74 Å². The standard InChI is InChI=1S/C23H21F3O9S/c1-33-20(29)22(21(30)34-2,13-19(28)15-6-10-17(11-7-15)36(3,31)32)12-18(27)14-4-8-16(9-5-14)35-23(24,25)26/h4-11H,12-13H2,1-3H3. The van der Waals surface area contributed by atoms with Gasteiger partial charge in [0.15, 0.2) is 26.8 Å². The number of sulfone groups is 1. The van der Waals surface area contributed by atoms with E-state index in [-0.39, 0.29) is 16.0 Å². The largest absolute Gasteiger partial charge is 0.573 e. The second kappa shape index (κ2) is 10.9. The summed E-state index contributed by atoms with van der Waals surface area (Å²) in [5.41, 5.74) is -2.65. The van der Waals surface area contributed by atoms with Crippen molar-refractivity contribution in [1.82, 2.24) is 0 Å². The van der Waals surface area contributed by atoms with Crippen LogP contribution in [0.5, 0.6) is 5.75 Å². The zero-order valence-corrected chi connectivity index (χ0v) is 20.1. The molecular formula is C23H21F3O9S. The van der Waals surface area contributed by atoms with E-state index in [9.17, 15) is 40.8 Å². The fourth-order valence-electron chi connectivity index (χ4n) is 3.31. The minimum absolute atomic E-state index is 0.0549. The molecule has 0 saturated carbocycles. The second-order valence-electron chi connectivity index (χ2n) is 7.63. The maximum atomic E-state index is 13.0. The van der Waals surface area contributed by atoms with E-state index in [4.69, 9.17) is 0 Å². The van der Waals surface area contributed by atoms with Crippen LogP contribution in [-0.2, 0) is 28.9 Å². The lowest BCUT2D eigenvalue weighted by Crippen LogP contribution is -2.44. The zero-order chi connectivity index (χ0) is 27.3. The number of methoxy groups -OCH3 is 2. The van der Waals surface area contributed by atoms with Crippen LogP contribution >= 0.6 is 0 Å². The number of esters is 2. The van der Waals surface area contributed by atoms with Gasteiger partial charge in [-0.2, -0.15) is 0 Å². The summed E-state index contributed by atoms with van der Waals surface area (Å²) in [4.78, 5) is 51.2. The van der Waals surface area contributed by atoms with Crippen LogP contribution in [0.4, 0.5) is 13.2 Å². The number of alkyl halides is 3. The molecule has 0 aromatic heterocycles. The predicted molar refractivity (Wildman–Crippen MR) is 117 cm³/mol. The van der Waals surface area contributed by atoms with Gasteiger partial charge in [0.05, 0.1) is 19.1 Å². The molecule has 0 bridgehead atoms. The monoisotopic (exact) mass is 530 g/mol. The molecule has 0 aliphatic heterocycles. The summed E-state index contributed by atoms with van der Waals surface area (Å²) >= 11 is 0. The smallest absolute Gasteiger partial charge is 0.468 e. The summed E-state index contributed by atoms with van der Waals surface area (Å²) in [6.07, 6.45) is -5.75. The average molecular weight is 530 g/mol. The fraction of sp³-hybridized carbons (Fsp3) is 0.304. The summed E-state index contributed by atoms with van der Waals surface area (Å²) in [5.74, 6) is -4.77. The van der Waals surface area contributed by atoms with Crippen LogP contribution in [0.25, 0.3) is 0 Å². The minimum atomic E-state index is -4.95. The number of benzene rings is 2. The van der Waals surface area contributed by atoms with Gasteiger partial charge in [-0.3, -0.25) is 19.2 Å². The van der Waals surface area contributed by atoms with Gasteiger partial charge in [0.1, 0.15) is 5.75 Å². The number of rotatable bonds is 10. The van der Waals surface area contributed by atoms with Gasteiger partial charge in [0, 0.05) is 30.2 Å². The number of carbonyl (C=O) groups is 4. The number of ketones is 2. The average Bonchev–Trinajstić information content (AvgIpc) is 2.81. The van der Waals surface area contributed by atoms with Crippen molar-refractivity contribution >= 4 is 33.3 Å². The van der Waals surface area contributed by atoms with E-state index in [2.05, 4.69) is 14.2 Å². The highest BCUT2D eigenvalue weighted by molar-refractivity contribution is 7.90. The molecule has 0 aliphatic carbocycles. The van der Waals surface area contributed by atoms with Gasteiger partial charge in [-0.15, -0.1) is 13.2 Å². The minimum Gasteiger partial charge on any atom is -0.468 e. The number of hydrogen-bond acceptors (Lipinski definition) is 9. The lowest BCUT2D eigenvalue weighted by Gasteiger charge is -2.27. The Morgan fingerprint density at radius 1 is 0.750 bits per heavy atom. The quantitative estimate of drug-likeness (QED) is 0.258. The van der Waals surface area contributed by atoms with Crippen molar-refractivity contribution in [2.24, 2.45) is 5.41 Å². The lowest BCUT2D eigenvalue weighted by molar-refractivity contribution is -0.274. The normalized spacial score (nSPS) is 11.9. The van der Waals surface area contributed by atoms with Gasteiger partial charge in [0.2, 0.25) is 0 Å². The van der Waals surface area contributed by atoms with E-state index in [1.165, 1.54) is 12.1 Å². The van der Waals surface area contributed by atoms with Gasteiger partial charge < -0.3 is 14.2 Å². The third-order valence-corrected chi connectivity index (χ3v) is 6.22. The highest BCUT2D eigenvalue weighted by Gasteiger charge is 2.51. The zero-order valence-electron chi connectivity index (χ0n) is 19.2. The van der Waals surface area contributed by atoms with Crippen LogP contribution in [0.3, 0.4) is 0 Å². The van der Waals surface area contributed by atoms with Crippen LogP contribution in [-0.4, -0.2) is 58.8 Å². The number of Topliss-reactive ketones (excluding diaryl/α,β-unsaturated/α-hetero) is 2. The van der Waals surface area contributed by atoms with E-state index in [1.807, 2.05) is 0 Å². The van der Waals surface area contributed by atoms with Crippen molar-refractivity contribution in [2.45, 2.75) is 24.1 Å². The molecular weight excluding hydrogens is 509 g/mol. The molecule has 0 fully saturated rings. The van der Waals surface area contributed by atoms with Crippen LogP contribution in [0, 0.1) is 5.41 Å².